The number of ether oxygens (including phenoxy) is 1. The largest absolute Gasteiger partial charge is 0.489 e. The first kappa shape index (κ1) is 15.3. The van der Waals surface area contributed by atoms with E-state index in [1.165, 1.54) is 24.3 Å². The van der Waals surface area contributed by atoms with Crippen LogP contribution in [0.2, 0.25) is 5.02 Å². The third-order valence-electron chi connectivity index (χ3n) is 2.67. The summed E-state index contributed by atoms with van der Waals surface area (Å²) in [4.78, 5) is 11.8. The molecular weight excluding hydrogens is 300 g/mol. The molecule has 2 aromatic carbocycles. The van der Waals surface area contributed by atoms with Gasteiger partial charge in [0.05, 0.1) is 17.1 Å². The number of hydrogen-bond acceptors (Lipinski definition) is 2. The van der Waals surface area contributed by atoms with Crippen LogP contribution in [0.5, 0.6) is 5.75 Å². The summed E-state index contributed by atoms with van der Waals surface area (Å²) in [5.74, 6) is -1.73. The van der Waals surface area contributed by atoms with Gasteiger partial charge in [-0.3, -0.25) is 4.79 Å². The number of halogens is 3. The van der Waals surface area contributed by atoms with Crippen LogP contribution < -0.4 is 10.1 Å². The second kappa shape index (κ2) is 7.04. The Kier molecular flexibility index (Phi) is 5.11. The summed E-state index contributed by atoms with van der Waals surface area (Å²) in [6, 6.07) is 9.92. The fourth-order valence-corrected chi connectivity index (χ4v) is 1.94. The molecule has 2 rings (SSSR count). The summed E-state index contributed by atoms with van der Waals surface area (Å²) in [7, 11) is 0. The molecule has 2 aromatic rings. The van der Waals surface area contributed by atoms with Crippen molar-refractivity contribution in [2.24, 2.45) is 0 Å². The molecule has 3 nitrogen and oxygen atoms in total. The SMILES string of the molecule is O=C(NCCOc1ccccc1F)c1c(F)cccc1Cl. The topological polar surface area (TPSA) is 38.3 Å². The van der Waals surface area contributed by atoms with Crippen molar-refractivity contribution < 1.29 is 18.3 Å². The summed E-state index contributed by atoms with van der Waals surface area (Å²) >= 11 is 5.77. The molecule has 0 saturated carbocycles. The molecule has 110 valence electrons. The molecule has 1 amide bonds. The van der Waals surface area contributed by atoms with Gasteiger partial charge in [-0.15, -0.1) is 0 Å². The predicted octanol–water partition coefficient (Wildman–Crippen LogP) is 3.43. The van der Waals surface area contributed by atoms with Gasteiger partial charge in [0.2, 0.25) is 0 Å². The molecular formula is C15H12ClF2NO2. The second-order valence-corrected chi connectivity index (χ2v) is 4.54. The number of para-hydroxylation sites is 1. The third kappa shape index (κ3) is 3.92. The maximum absolute atomic E-state index is 13.5. The molecule has 0 aliphatic rings. The van der Waals surface area contributed by atoms with E-state index in [-0.39, 0.29) is 29.5 Å². The molecule has 0 unspecified atom stereocenters. The first-order valence-electron chi connectivity index (χ1n) is 6.19. The van der Waals surface area contributed by atoms with Gasteiger partial charge in [-0.1, -0.05) is 29.8 Å². The Morgan fingerprint density at radius 2 is 1.81 bits per heavy atom. The highest BCUT2D eigenvalue weighted by molar-refractivity contribution is 6.33. The zero-order valence-corrected chi connectivity index (χ0v) is 11.7. The van der Waals surface area contributed by atoms with Crippen LogP contribution >= 0.6 is 11.6 Å². The van der Waals surface area contributed by atoms with E-state index in [0.29, 0.717) is 0 Å². The molecule has 0 saturated heterocycles. The number of carbonyl (C=O) groups is 1. The minimum atomic E-state index is -0.699. The first-order valence-corrected chi connectivity index (χ1v) is 6.57. The summed E-state index contributed by atoms with van der Waals surface area (Å²) in [5.41, 5.74) is -0.218. The average molecular weight is 312 g/mol. The van der Waals surface area contributed by atoms with Gasteiger partial charge in [-0.05, 0) is 24.3 Å². The van der Waals surface area contributed by atoms with E-state index in [0.717, 1.165) is 6.07 Å². The van der Waals surface area contributed by atoms with Crippen molar-refractivity contribution in [2.75, 3.05) is 13.2 Å². The third-order valence-corrected chi connectivity index (χ3v) is 2.99. The van der Waals surface area contributed by atoms with Gasteiger partial charge >= 0.3 is 0 Å². The monoisotopic (exact) mass is 311 g/mol. The minimum absolute atomic E-state index is 0.0301. The number of hydrogen-bond donors (Lipinski definition) is 1. The lowest BCUT2D eigenvalue weighted by Gasteiger charge is -2.09. The first-order chi connectivity index (χ1) is 10.1. The van der Waals surface area contributed by atoms with E-state index in [4.69, 9.17) is 16.3 Å². The molecule has 0 spiro atoms. The summed E-state index contributed by atoms with van der Waals surface area (Å²) in [6.45, 7) is 0.149. The molecule has 0 heterocycles. The van der Waals surface area contributed by atoms with Crippen molar-refractivity contribution in [2.45, 2.75) is 0 Å². The molecule has 0 bridgehead atoms. The standard InChI is InChI=1S/C15H12ClF2NO2/c16-10-4-3-6-12(18)14(10)15(20)19-8-9-21-13-7-2-1-5-11(13)17/h1-7H,8-9H2,(H,19,20). The van der Waals surface area contributed by atoms with Crippen LogP contribution in [-0.4, -0.2) is 19.1 Å². The summed E-state index contributed by atoms with van der Waals surface area (Å²) < 4.78 is 31.9. The molecule has 0 atom stereocenters. The number of carbonyl (C=O) groups excluding carboxylic acids is 1. The Morgan fingerprint density at radius 1 is 1.10 bits per heavy atom. The van der Waals surface area contributed by atoms with Gasteiger partial charge in [-0.2, -0.15) is 0 Å². The number of amides is 1. The molecule has 21 heavy (non-hydrogen) atoms. The quantitative estimate of drug-likeness (QED) is 0.859. The van der Waals surface area contributed by atoms with E-state index in [1.807, 2.05) is 0 Å². The number of benzene rings is 2. The molecule has 1 N–H and O–H groups in total. The fourth-order valence-electron chi connectivity index (χ4n) is 1.69. The van der Waals surface area contributed by atoms with E-state index < -0.39 is 17.5 Å². The second-order valence-electron chi connectivity index (χ2n) is 4.13. The zero-order chi connectivity index (χ0) is 15.2. The predicted molar refractivity (Wildman–Crippen MR) is 75.6 cm³/mol. The van der Waals surface area contributed by atoms with Gasteiger partial charge in [0.15, 0.2) is 11.6 Å². The van der Waals surface area contributed by atoms with Crippen molar-refractivity contribution in [3.05, 3.63) is 64.7 Å². The van der Waals surface area contributed by atoms with Gasteiger partial charge < -0.3 is 10.1 Å². The normalized spacial score (nSPS) is 10.2. The Bertz CT molecular complexity index is 629. The van der Waals surface area contributed by atoms with Crippen molar-refractivity contribution in [1.29, 1.82) is 0 Å². The molecule has 0 radical (unpaired) electrons. The minimum Gasteiger partial charge on any atom is -0.489 e. The van der Waals surface area contributed by atoms with Crippen molar-refractivity contribution in [3.63, 3.8) is 0 Å². The Hall–Kier alpha value is -2.14. The van der Waals surface area contributed by atoms with Gasteiger partial charge in [0, 0.05) is 0 Å². The summed E-state index contributed by atoms with van der Waals surface area (Å²) in [5, 5.41) is 2.49. The Balaban J connectivity index is 1.87. The van der Waals surface area contributed by atoms with Crippen LogP contribution in [0.3, 0.4) is 0 Å². The molecule has 6 heteroatoms. The lowest BCUT2D eigenvalue weighted by atomic mass is 10.2. The number of nitrogens with one attached hydrogen (secondary N) is 1. The van der Waals surface area contributed by atoms with E-state index >= 15 is 0 Å². The molecule has 0 aliphatic carbocycles. The molecule has 0 aliphatic heterocycles. The Labute approximate surface area is 125 Å². The average Bonchev–Trinajstić information content (AvgIpc) is 2.45. The van der Waals surface area contributed by atoms with Crippen molar-refractivity contribution in [1.82, 2.24) is 5.32 Å². The highest BCUT2D eigenvalue weighted by Crippen LogP contribution is 2.18. The van der Waals surface area contributed by atoms with E-state index in [1.54, 1.807) is 12.1 Å². The molecule has 0 fully saturated rings. The highest BCUT2D eigenvalue weighted by atomic mass is 35.5. The van der Waals surface area contributed by atoms with Crippen LogP contribution in [0, 0.1) is 11.6 Å². The van der Waals surface area contributed by atoms with Gasteiger partial charge in [0.25, 0.3) is 5.91 Å². The smallest absolute Gasteiger partial charge is 0.255 e. The van der Waals surface area contributed by atoms with E-state index in [9.17, 15) is 13.6 Å². The highest BCUT2D eigenvalue weighted by Gasteiger charge is 2.15. The van der Waals surface area contributed by atoms with Crippen LogP contribution in [-0.2, 0) is 0 Å². The van der Waals surface area contributed by atoms with Crippen LogP contribution in [0.25, 0.3) is 0 Å². The van der Waals surface area contributed by atoms with Crippen LogP contribution in [0.15, 0.2) is 42.5 Å². The lowest BCUT2D eigenvalue weighted by molar-refractivity contribution is 0.0943. The Morgan fingerprint density at radius 3 is 2.52 bits per heavy atom. The van der Waals surface area contributed by atoms with Crippen molar-refractivity contribution >= 4 is 17.5 Å². The zero-order valence-electron chi connectivity index (χ0n) is 10.9. The fraction of sp³-hybridized carbons (Fsp3) is 0.133. The van der Waals surface area contributed by atoms with Crippen molar-refractivity contribution in [3.8, 4) is 5.75 Å². The van der Waals surface area contributed by atoms with Gasteiger partial charge in [-0.25, -0.2) is 8.78 Å². The summed E-state index contributed by atoms with van der Waals surface area (Å²) in [6.07, 6.45) is 0. The van der Waals surface area contributed by atoms with Crippen LogP contribution in [0.1, 0.15) is 10.4 Å². The van der Waals surface area contributed by atoms with Gasteiger partial charge in [0.1, 0.15) is 12.4 Å². The maximum atomic E-state index is 13.5. The molecule has 0 aromatic heterocycles. The lowest BCUT2D eigenvalue weighted by Crippen LogP contribution is -2.29. The number of rotatable bonds is 5. The van der Waals surface area contributed by atoms with Crippen LogP contribution in [0.4, 0.5) is 8.78 Å². The maximum Gasteiger partial charge on any atom is 0.255 e. The van der Waals surface area contributed by atoms with E-state index in [2.05, 4.69) is 5.32 Å².